The molecule has 0 bridgehead atoms. The minimum atomic E-state index is -0.720. The van der Waals surface area contributed by atoms with Crippen LogP contribution in [0.5, 0.6) is 0 Å². The lowest BCUT2D eigenvalue weighted by Gasteiger charge is -2.32. The van der Waals surface area contributed by atoms with E-state index in [9.17, 15) is 9.90 Å². The quantitative estimate of drug-likeness (QED) is 0.825. The molecule has 3 heterocycles. The first-order chi connectivity index (χ1) is 11.9. The molecule has 1 atom stereocenters. The fraction of sp³-hybridized carbons (Fsp3) is 0.667. The fourth-order valence-electron chi connectivity index (χ4n) is 3.69. The van der Waals surface area contributed by atoms with Crippen molar-refractivity contribution in [2.45, 2.75) is 12.0 Å². The lowest BCUT2D eigenvalue weighted by atomic mass is 10.0. The van der Waals surface area contributed by atoms with Gasteiger partial charge in [-0.25, -0.2) is 4.98 Å². The summed E-state index contributed by atoms with van der Waals surface area (Å²) in [4.78, 5) is 25.4. The standard InChI is InChI=1S/C18H29N5O2/c1-20(2)13-18(25)5-7-23(14-18)16-12-15(4-6-19-16)17(24)22-10-8-21(3)9-11-22/h4,6,12,25H,5,7-11,13-14H2,1-3H3/t18-/m0/s1. The Kier molecular flexibility index (Phi) is 5.27. The van der Waals surface area contributed by atoms with Crippen molar-refractivity contribution in [2.24, 2.45) is 0 Å². The van der Waals surface area contributed by atoms with Gasteiger partial charge in [0.05, 0.1) is 5.60 Å². The molecular formula is C18H29N5O2. The summed E-state index contributed by atoms with van der Waals surface area (Å²) in [5.74, 6) is 0.842. The Bertz CT molecular complexity index is 615. The van der Waals surface area contributed by atoms with Crippen molar-refractivity contribution in [3.05, 3.63) is 23.9 Å². The van der Waals surface area contributed by atoms with Crippen molar-refractivity contribution in [2.75, 3.05) is 71.9 Å². The lowest BCUT2D eigenvalue weighted by Crippen LogP contribution is -2.47. The Hall–Kier alpha value is -1.70. The van der Waals surface area contributed by atoms with Crippen LogP contribution in [0.25, 0.3) is 0 Å². The molecule has 25 heavy (non-hydrogen) atoms. The molecular weight excluding hydrogens is 318 g/mol. The Morgan fingerprint density at radius 2 is 2.00 bits per heavy atom. The molecule has 138 valence electrons. The van der Waals surface area contributed by atoms with Gasteiger partial charge in [-0.1, -0.05) is 0 Å². The zero-order valence-electron chi connectivity index (χ0n) is 15.5. The van der Waals surface area contributed by atoms with Gasteiger partial charge in [0, 0.05) is 57.6 Å². The third-order valence-corrected chi connectivity index (χ3v) is 5.05. The van der Waals surface area contributed by atoms with Crippen LogP contribution in [-0.2, 0) is 0 Å². The predicted molar refractivity (Wildman–Crippen MR) is 98.0 cm³/mol. The SMILES string of the molecule is CN(C)C[C@@]1(O)CCN(c2cc(C(=O)N3CCN(C)CC3)ccn2)C1. The Labute approximate surface area is 149 Å². The molecule has 7 heteroatoms. The van der Waals surface area contributed by atoms with Gasteiger partial charge in [-0.05, 0) is 39.7 Å². The molecule has 1 N–H and O–H groups in total. The van der Waals surface area contributed by atoms with Crippen molar-refractivity contribution in [3.8, 4) is 0 Å². The number of aromatic nitrogens is 1. The second-order valence-electron chi connectivity index (χ2n) is 7.63. The molecule has 0 spiro atoms. The van der Waals surface area contributed by atoms with Gasteiger partial charge in [0.1, 0.15) is 5.82 Å². The number of carbonyl (C=O) groups is 1. The third-order valence-electron chi connectivity index (χ3n) is 5.05. The maximum Gasteiger partial charge on any atom is 0.254 e. The highest BCUT2D eigenvalue weighted by Gasteiger charge is 2.37. The Morgan fingerprint density at radius 1 is 1.28 bits per heavy atom. The molecule has 1 aromatic heterocycles. The van der Waals surface area contributed by atoms with Gasteiger partial charge < -0.3 is 24.7 Å². The van der Waals surface area contributed by atoms with Crippen LogP contribution in [0.4, 0.5) is 5.82 Å². The predicted octanol–water partition coefficient (Wildman–Crippen LogP) is -0.0280. The third kappa shape index (κ3) is 4.29. The van der Waals surface area contributed by atoms with E-state index >= 15 is 0 Å². The minimum absolute atomic E-state index is 0.0690. The fourth-order valence-corrected chi connectivity index (χ4v) is 3.69. The van der Waals surface area contributed by atoms with E-state index in [4.69, 9.17) is 0 Å². The average molecular weight is 347 g/mol. The second-order valence-corrected chi connectivity index (χ2v) is 7.63. The van der Waals surface area contributed by atoms with Crippen LogP contribution in [0, 0.1) is 0 Å². The summed E-state index contributed by atoms with van der Waals surface area (Å²) in [6.07, 6.45) is 2.41. The smallest absolute Gasteiger partial charge is 0.254 e. The molecule has 0 aliphatic carbocycles. The maximum atomic E-state index is 12.8. The van der Waals surface area contributed by atoms with Crippen LogP contribution in [0.15, 0.2) is 18.3 Å². The lowest BCUT2D eigenvalue weighted by molar-refractivity contribution is 0.0365. The van der Waals surface area contributed by atoms with Crippen molar-refractivity contribution >= 4 is 11.7 Å². The van der Waals surface area contributed by atoms with Crippen molar-refractivity contribution in [3.63, 3.8) is 0 Å². The number of amides is 1. The zero-order valence-corrected chi connectivity index (χ0v) is 15.5. The molecule has 2 saturated heterocycles. The van der Waals surface area contributed by atoms with Gasteiger partial charge >= 0.3 is 0 Å². The number of nitrogens with zero attached hydrogens (tertiary/aromatic N) is 5. The molecule has 7 nitrogen and oxygen atoms in total. The highest BCUT2D eigenvalue weighted by atomic mass is 16.3. The summed E-state index contributed by atoms with van der Waals surface area (Å²) in [5.41, 5.74) is -0.0413. The molecule has 2 fully saturated rings. The van der Waals surface area contributed by atoms with Gasteiger partial charge in [0.25, 0.3) is 5.91 Å². The van der Waals surface area contributed by atoms with Crippen LogP contribution in [-0.4, -0.2) is 103 Å². The molecule has 1 aromatic rings. The first-order valence-electron chi connectivity index (χ1n) is 8.92. The van der Waals surface area contributed by atoms with Gasteiger partial charge in [-0.3, -0.25) is 4.79 Å². The van der Waals surface area contributed by atoms with E-state index in [1.165, 1.54) is 0 Å². The van der Waals surface area contributed by atoms with E-state index in [1.54, 1.807) is 12.3 Å². The van der Waals surface area contributed by atoms with Gasteiger partial charge in [-0.2, -0.15) is 0 Å². The number of rotatable bonds is 4. The Morgan fingerprint density at radius 3 is 2.68 bits per heavy atom. The normalized spacial score (nSPS) is 25.0. The molecule has 0 saturated carbocycles. The topological polar surface area (TPSA) is 63.2 Å². The van der Waals surface area contributed by atoms with E-state index in [1.807, 2.05) is 30.0 Å². The number of aliphatic hydroxyl groups is 1. The number of anilines is 1. The van der Waals surface area contributed by atoms with Crippen LogP contribution in [0.1, 0.15) is 16.8 Å². The minimum Gasteiger partial charge on any atom is -0.387 e. The van der Waals surface area contributed by atoms with Crippen LogP contribution in [0.2, 0.25) is 0 Å². The number of hydrogen-bond acceptors (Lipinski definition) is 6. The van der Waals surface area contributed by atoms with Crippen molar-refractivity contribution in [1.29, 1.82) is 0 Å². The molecule has 3 rings (SSSR count). The number of piperazine rings is 1. The van der Waals surface area contributed by atoms with E-state index in [-0.39, 0.29) is 5.91 Å². The summed E-state index contributed by atoms with van der Waals surface area (Å²) in [5, 5.41) is 10.7. The van der Waals surface area contributed by atoms with E-state index < -0.39 is 5.60 Å². The van der Waals surface area contributed by atoms with Crippen LogP contribution < -0.4 is 4.90 Å². The molecule has 0 aromatic carbocycles. The summed E-state index contributed by atoms with van der Waals surface area (Å²) >= 11 is 0. The first-order valence-corrected chi connectivity index (χ1v) is 8.92. The highest BCUT2D eigenvalue weighted by Crippen LogP contribution is 2.26. The average Bonchev–Trinajstić information content (AvgIpc) is 2.96. The van der Waals surface area contributed by atoms with Gasteiger partial charge in [0.15, 0.2) is 0 Å². The van der Waals surface area contributed by atoms with E-state index in [2.05, 4.69) is 21.8 Å². The van der Waals surface area contributed by atoms with Gasteiger partial charge in [0.2, 0.25) is 0 Å². The summed E-state index contributed by atoms with van der Waals surface area (Å²) < 4.78 is 0. The number of pyridine rings is 1. The zero-order chi connectivity index (χ0) is 18.0. The number of hydrogen-bond donors (Lipinski definition) is 1. The molecule has 0 radical (unpaired) electrons. The van der Waals surface area contributed by atoms with Gasteiger partial charge in [-0.15, -0.1) is 0 Å². The molecule has 2 aliphatic heterocycles. The van der Waals surface area contributed by atoms with Crippen molar-refractivity contribution < 1.29 is 9.90 Å². The van der Waals surface area contributed by atoms with E-state index in [0.717, 1.165) is 38.5 Å². The number of β-amino-alcohol motifs (C(OH)–C–C–N with tert-alkyl or cyclic N) is 1. The highest BCUT2D eigenvalue weighted by molar-refractivity contribution is 5.95. The largest absolute Gasteiger partial charge is 0.387 e. The van der Waals surface area contributed by atoms with Crippen LogP contribution in [0.3, 0.4) is 0 Å². The molecule has 0 unspecified atom stereocenters. The second kappa shape index (κ2) is 7.27. The summed E-state index contributed by atoms with van der Waals surface area (Å²) in [6.45, 7) is 5.27. The summed E-state index contributed by atoms with van der Waals surface area (Å²) in [7, 11) is 6.01. The molecule has 1 amide bonds. The van der Waals surface area contributed by atoms with Crippen LogP contribution >= 0.6 is 0 Å². The molecule has 2 aliphatic rings. The number of carbonyl (C=O) groups excluding carboxylic acids is 1. The monoisotopic (exact) mass is 347 g/mol. The van der Waals surface area contributed by atoms with E-state index in [0.29, 0.717) is 25.1 Å². The first kappa shape index (κ1) is 18.1. The number of likely N-dealkylation sites (N-methyl/N-ethyl adjacent to an activating group) is 2. The maximum absolute atomic E-state index is 12.8. The Balaban J connectivity index is 1.69. The summed E-state index contributed by atoms with van der Waals surface area (Å²) in [6, 6.07) is 3.65. The van der Waals surface area contributed by atoms with Crippen molar-refractivity contribution in [1.82, 2.24) is 19.7 Å².